The van der Waals surface area contributed by atoms with Crippen molar-refractivity contribution in [2.75, 3.05) is 5.32 Å². The van der Waals surface area contributed by atoms with Crippen molar-refractivity contribution in [2.45, 2.75) is 13.3 Å². The van der Waals surface area contributed by atoms with E-state index in [1.165, 1.54) is 0 Å². The first-order valence-electron chi connectivity index (χ1n) is 4.94. The van der Waals surface area contributed by atoms with Crippen LogP contribution in [0.5, 0.6) is 0 Å². The molecule has 0 saturated carbocycles. The molecule has 0 fully saturated rings. The van der Waals surface area contributed by atoms with Gasteiger partial charge in [0, 0.05) is 23.7 Å². The van der Waals surface area contributed by atoms with Gasteiger partial charge in [0.25, 0.3) is 0 Å². The fourth-order valence-corrected chi connectivity index (χ4v) is 1.40. The average Bonchev–Trinajstić information content (AvgIpc) is 2.29. The fourth-order valence-electron chi connectivity index (χ4n) is 1.40. The molecule has 0 atom stereocenters. The topological polar surface area (TPSA) is 42.0 Å². The van der Waals surface area contributed by atoms with Crippen LogP contribution in [0.4, 0.5) is 5.69 Å². The molecule has 3 heteroatoms. The molecule has 0 aliphatic heterocycles. The summed E-state index contributed by atoms with van der Waals surface area (Å²) in [6.07, 6.45) is 2.25. The van der Waals surface area contributed by atoms with Crippen molar-refractivity contribution in [2.24, 2.45) is 0 Å². The maximum absolute atomic E-state index is 11.2. The van der Waals surface area contributed by atoms with Crippen molar-refractivity contribution in [1.82, 2.24) is 4.98 Å². The van der Waals surface area contributed by atoms with Crippen LogP contribution in [-0.2, 0) is 4.79 Å². The first-order chi connectivity index (χ1) is 7.29. The number of amides is 1. The lowest BCUT2D eigenvalue weighted by Crippen LogP contribution is -2.09. The van der Waals surface area contributed by atoms with Crippen molar-refractivity contribution in [3.05, 3.63) is 36.5 Å². The quantitative estimate of drug-likeness (QED) is 0.809. The van der Waals surface area contributed by atoms with E-state index in [0.717, 1.165) is 16.6 Å². The zero-order valence-corrected chi connectivity index (χ0v) is 8.53. The molecule has 2 aromatic rings. The van der Waals surface area contributed by atoms with E-state index in [-0.39, 0.29) is 5.91 Å². The molecular weight excluding hydrogens is 188 g/mol. The summed E-state index contributed by atoms with van der Waals surface area (Å²) in [5, 5.41) is 3.85. The van der Waals surface area contributed by atoms with Gasteiger partial charge in [-0.2, -0.15) is 0 Å². The summed E-state index contributed by atoms with van der Waals surface area (Å²) >= 11 is 0. The van der Waals surface area contributed by atoms with Gasteiger partial charge in [-0.05, 0) is 24.3 Å². The van der Waals surface area contributed by atoms with Gasteiger partial charge < -0.3 is 5.32 Å². The summed E-state index contributed by atoms with van der Waals surface area (Å²) in [6.45, 7) is 1.83. The second-order valence-electron chi connectivity index (χ2n) is 3.31. The minimum Gasteiger partial charge on any atom is -0.326 e. The number of pyridine rings is 1. The lowest BCUT2D eigenvalue weighted by molar-refractivity contribution is -0.115. The molecule has 15 heavy (non-hydrogen) atoms. The maximum Gasteiger partial charge on any atom is 0.224 e. The van der Waals surface area contributed by atoms with E-state index in [1.807, 2.05) is 37.3 Å². The third-order valence-electron chi connectivity index (χ3n) is 2.21. The Morgan fingerprint density at radius 1 is 1.40 bits per heavy atom. The van der Waals surface area contributed by atoms with Crippen LogP contribution >= 0.6 is 0 Å². The molecule has 0 aliphatic rings. The Hall–Kier alpha value is -1.90. The minimum atomic E-state index is 0.0261. The van der Waals surface area contributed by atoms with E-state index in [0.29, 0.717) is 6.42 Å². The molecule has 0 radical (unpaired) electrons. The first kappa shape index (κ1) is 9.65. The Bertz CT molecular complexity index is 494. The normalized spacial score (nSPS) is 10.2. The van der Waals surface area contributed by atoms with Gasteiger partial charge in [0.15, 0.2) is 0 Å². The van der Waals surface area contributed by atoms with E-state index < -0.39 is 0 Å². The Labute approximate surface area is 88.1 Å². The third-order valence-corrected chi connectivity index (χ3v) is 2.21. The molecule has 1 amide bonds. The smallest absolute Gasteiger partial charge is 0.224 e. The molecule has 1 N–H and O–H groups in total. The number of hydrogen-bond donors (Lipinski definition) is 1. The highest BCUT2D eigenvalue weighted by atomic mass is 16.1. The monoisotopic (exact) mass is 200 g/mol. The van der Waals surface area contributed by atoms with Gasteiger partial charge in [-0.3, -0.25) is 9.78 Å². The van der Waals surface area contributed by atoms with Gasteiger partial charge in [0.05, 0.1) is 5.52 Å². The van der Waals surface area contributed by atoms with Crippen LogP contribution in [0.3, 0.4) is 0 Å². The summed E-state index contributed by atoms with van der Waals surface area (Å²) in [5.74, 6) is 0.0261. The predicted octanol–water partition coefficient (Wildman–Crippen LogP) is 2.58. The molecule has 1 heterocycles. The van der Waals surface area contributed by atoms with E-state index in [1.54, 1.807) is 6.20 Å². The standard InChI is InChI=1S/C12H12N2O/c1-2-12(15)14-10-5-6-11-9(8-10)4-3-7-13-11/h3-8H,2H2,1H3,(H,14,15). The molecule has 2 rings (SSSR count). The molecule has 1 aromatic carbocycles. The molecule has 3 nitrogen and oxygen atoms in total. The number of carbonyl (C=O) groups excluding carboxylic acids is 1. The number of fused-ring (bicyclic) bond motifs is 1. The van der Waals surface area contributed by atoms with E-state index in [9.17, 15) is 4.79 Å². The zero-order chi connectivity index (χ0) is 10.7. The van der Waals surface area contributed by atoms with Gasteiger partial charge in [0.2, 0.25) is 5.91 Å². The molecule has 0 saturated heterocycles. The third kappa shape index (κ3) is 2.13. The highest BCUT2D eigenvalue weighted by Crippen LogP contribution is 2.16. The van der Waals surface area contributed by atoms with Crippen molar-refractivity contribution in [3.63, 3.8) is 0 Å². The largest absolute Gasteiger partial charge is 0.326 e. The number of benzene rings is 1. The molecule has 1 aromatic heterocycles. The number of nitrogens with zero attached hydrogens (tertiary/aromatic N) is 1. The van der Waals surface area contributed by atoms with Gasteiger partial charge >= 0.3 is 0 Å². The highest BCUT2D eigenvalue weighted by Gasteiger charge is 2.00. The van der Waals surface area contributed by atoms with Gasteiger partial charge in [-0.1, -0.05) is 13.0 Å². The van der Waals surface area contributed by atoms with Crippen LogP contribution in [0.2, 0.25) is 0 Å². The van der Waals surface area contributed by atoms with Crippen LogP contribution in [-0.4, -0.2) is 10.9 Å². The van der Waals surface area contributed by atoms with Crippen molar-refractivity contribution >= 4 is 22.5 Å². The molecular formula is C12H12N2O. The first-order valence-corrected chi connectivity index (χ1v) is 4.94. The lowest BCUT2D eigenvalue weighted by atomic mass is 10.2. The van der Waals surface area contributed by atoms with Crippen LogP contribution in [0.25, 0.3) is 10.9 Å². The minimum absolute atomic E-state index is 0.0261. The number of hydrogen-bond acceptors (Lipinski definition) is 2. The number of carbonyl (C=O) groups is 1. The van der Waals surface area contributed by atoms with E-state index in [4.69, 9.17) is 0 Å². The van der Waals surface area contributed by atoms with Crippen molar-refractivity contribution in [3.8, 4) is 0 Å². The summed E-state index contributed by atoms with van der Waals surface area (Å²) in [5.41, 5.74) is 1.76. The number of nitrogens with one attached hydrogen (secondary N) is 1. The average molecular weight is 200 g/mol. The summed E-state index contributed by atoms with van der Waals surface area (Å²) in [7, 11) is 0. The number of aromatic nitrogens is 1. The fraction of sp³-hybridized carbons (Fsp3) is 0.167. The molecule has 0 aliphatic carbocycles. The van der Waals surface area contributed by atoms with Gasteiger partial charge in [-0.25, -0.2) is 0 Å². The van der Waals surface area contributed by atoms with Crippen molar-refractivity contribution < 1.29 is 4.79 Å². The van der Waals surface area contributed by atoms with Crippen molar-refractivity contribution in [1.29, 1.82) is 0 Å². The van der Waals surface area contributed by atoms with Gasteiger partial charge in [0.1, 0.15) is 0 Å². The highest BCUT2D eigenvalue weighted by molar-refractivity contribution is 5.93. The number of anilines is 1. The lowest BCUT2D eigenvalue weighted by Gasteiger charge is -2.04. The SMILES string of the molecule is CCC(=O)Nc1ccc2ncccc2c1. The summed E-state index contributed by atoms with van der Waals surface area (Å²) < 4.78 is 0. The van der Waals surface area contributed by atoms with Crippen LogP contribution < -0.4 is 5.32 Å². The van der Waals surface area contributed by atoms with Crippen LogP contribution in [0.1, 0.15) is 13.3 Å². The Balaban J connectivity index is 2.34. The second kappa shape index (κ2) is 4.09. The molecule has 76 valence electrons. The zero-order valence-electron chi connectivity index (χ0n) is 8.53. The molecule has 0 unspecified atom stereocenters. The molecule has 0 spiro atoms. The van der Waals surface area contributed by atoms with E-state index in [2.05, 4.69) is 10.3 Å². The summed E-state index contributed by atoms with van der Waals surface area (Å²) in [6, 6.07) is 9.55. The van der Waals surface area contributed by atoms with Gasteiger partial charge in [-0.15, -0.1) is 0 Å². The Kier molecular flexibility index (Phi) is 2.63. The summed E-state index contributed by atoms with van der Waals surface area (Å²) in [4.78, 5) is 15.4. The van der Waals surface area contributed by atoms with Crippen LogP contribution in [0, 0.1) is 0 Å². The van der Waals surface area contributed by atoms with E-state index >= 15 is 0 Å². The Morgan fingerprint density at radius 3 is 3.07 bits per heavy atom. The predicted molar refractivity (Wildman–Crippen MR) is 60.7 cm³/mol. The van der Waals surface area contributed by atoms with Crippen LogP contribution in [0.15, 0.2) is 36.5 Å². The molecule has 0 bridgehead atoms. The number of rotatable bonds is 2. The maximum atomic E-state index is 11.2. The second-order valence-corrected chi connectivity index (χ2v) is 3.31. The Morgan fingerprint density at radius 2 is 2.27 bits per heavy atom.